The van der Waals surface area contributed by atoms with E-state index >= 15 is 0 Å². The molecule has 102 valence electrons. The summed E-state index contributed by atoms with van der Waals surface area (Å²) in [5, 5.41) is 14.5. The number of aromatic nitrogens is 2. The summed E-state index contributed by atoms with van der Waals surface area (Å²) in [6.07, 6.45) is -0.617. The van der Waals surface area contributed by atoms with E-state index in [2.05, 4.69) is 5.10 Å². The first-order valence-corrected chi connectivity index (χ1v) is 6.17. The van der Waals surface area contributed by atoms with E-state index in [-0.39, 0.29) is 25.7 Å². The van der Waals surface area contributed by atoms with Gasteiger partial charge >= 0.3 is 6.18 Å². The second-order valence-corrected chi connectivity index (χ2v) is 4.93. The Morgan fingerprint density at radius 1 is 1.44 bits per heavy atom. The van der Waals surface area contributed by atoms with Crippen LogP contribution in [0.2, 0.25) is 0 Å². The van der Waals surface area contributed by atoms with Gasteiger partial charge in [0.25, 0.3) is 0 Å². The lowest BCUT2D eigenvalue weighted by atomic mass is 9.76. The Morgan fingerprint density at radius 3 is 2.50 bits per heavy atom. The second-order valence-electron chi connectivity index (χ2n) is 4.93. The molecular formula is C12H17F3N2O. The standard InChI is InChI=1S/C12H17F3N2O/c1-2-17-8-10(7-16-17)11(18)5-3-9(4-6-11)12(13,14)15/h7-9,18H,2-6H2,1H3. The molecular weight excluding hydrogens is 245 g/mol. The SMILES string of the molecule is CCn1cc(C2(O)CCC(C(F)(F)F)CC2)cn1. The molecule has 0 unspecified atom stereocenters. The Hall–Kier alpha value is -1.04. The van der Waals surface area contributed by atoms with Crippen molar-refractivity contribution in [1.82, 2.24) is 9.78 Å². The van der Waals surface area contributed by atoms with E-state index in [9.17, 15) is 18.3 Å². The molecule has 0 amide bonds. The van der Waals surface area contributed by atoms with Crippen molar-refractivity contribution in [3.8, 4) is 0 Å². The van der Waals surface area contributed by atoms with E-state index in [0.29, 0.717) is 12.1 Å². The number of aliphatic hydroxyl groups is 1. The van der Waals surface area contributed by atoms with Crippen LogP contribution in [0.15, 0.2) is 12.4 Å². The largest absolute Gasteiger partial charge is 0.391 e. The summed E-state index contributed by atoms with van der Waals surface area (Å²) < 4.78 is 39.3. The number of hydrogen-bond donors (Lipinski definition) is 1. The molecule has 0 bridgehead atoms. The first kappa shape index (κ1) is 13.4. The predicted octanol–water partition coefficient (Wildman–Crippen LogP) is 2.84. The van der Waals surface area contributed by atoms with Crippen LogP contribution in [0, 0.1) is 5.92 Å². The van der Waals surface area contributed by atoms with Crippen LogP contribution in [-0.2, 0) is 12.1 Å². The summed E-state index contributed by atoms with van der Waals surface area (Å²) in [5.41, 5.74) is -0.514. The van der Waals surface area contributed by atoms with Crippen molar-refractivity contribution in [3.05, 3.63) is 18.0 Å². The van der Waals surface area contributed by atoms with E-state index in [1.165, 1.54) is 0 Å². The summed E-state index contributed by atoms with van der Waals surface area (Å²) >= 11 is 0. The quantitative estimate of drug-likeness (QED) is 0.890. The van der Waals surface area contributed by atoms with Crippen molar-refractivity contribution < 1.29 is 18.3 Å². The Bertz CT molecular complexity index is 406. The summed E-state index contributed by atoms with van der Waals surface area (Å²) in [6, 6.07) is 0. The van der Waals surface area contributed by atoms with Crippen LogP contribution in [0.3, 0.4) is 0 Å². The molecule has 1 N–H and O–H groups in total. The minimum atomic E-state index is -4.14. The summed E-state index contributed by atoms with van der Waals surface area (Å²) in [6.45, 7) is 2.60. The highest BCUT2D eigenvalue weighted by Crippen LogP contribution is 2.44. The Balaban J connectivity index is 2.07. The highest BCUT2D eigenvalue weighted by atomic mass is 19.4. The van der Waals surface area contributed by atoms with Crippen LogP contribution < -0.4 is 0 Å². The van der Waals surface area contributed by atoms with E-state index in [1.54, 1.807) is 17.1 Å². The molecule has 0 saturated heterocycles. The van der Waals surface area contributed by atoms with Crippen LogP contribution in [0.25, 0.3) is 0 Å². The number of alkyl halides is 3. The van der Waals surface area contributed by atoms with E-state index in [1.807, 2.05) is 6.92 Å². The van der Waals surface area contributed by atoms with Gasteiger partial charge in [-0.1, -0.05) is 0 Å². The fourth-order valence-corrected chi connectivity index (χ4v) is 2.49. The van der Waals surface area contributed by atoms with Gasteiger partial charge in [-0.05, 0) is 32.6 Å². The Labute approximate surface area is 104 Å². The van der Waals surface area contributed by atoms with E-state index < -0.39 is 17.7 Å². The average Bonchev–Trinajstić information content (AvgIpc) is 2.77. The lowest BCUT2D eigenvalue weighted by Crippen LogP contribution is -2.36. The van der Waals surface area contributed by atoms with E-state index in [0.717, 1.165) is 0 Å². The van der Waals surface area contributed by atoms with Gasteiger partial charge in [-0.2, -0.15) is 18.3 Å². The summed E-state index contributed by atoms with van der Waals surface area (Å²) in [7, 11) is 0. The average molecular weight is 262 g/mol. The van der Waals surface area contributed by atoms with Gasteiger partial charge < -0.3 is 5.11 Å². The fourth-order valence-electron chi connectivity index (χ4n) is 2.49. The maximum Gasteiger partial charge on any atom is 0.391 e. The molecule has 1 heterocycles. The Morgan fingerprint density at radius 2 is 2.06 bits per heavy atom. The van der Waals surface area contributed by atoms with Crippen molar-refractivity contribution in [2.24, 2.45) is 5.92 Å². The van der Waals surface area contributed by atoms with Crippen LogP contribution in [0.1, 0.15) is 38.2 Å². The molecule has 0 radical (unpaired) electrons. The number of rotatable bonds is 2. The Kier molecular flexibility index (Phi) is 3.40. The summed E-state index contributed by atoms with van der Waals surface area (Å²) in [4.78, 5) is 0. The second kappa shape index (κ2) is 4.57. The predicted molar refractivity (Wildman–Crippen MR) is 59.8 cm³/mol. The van der Waals surface area contributed by atoms with Crippen LogP contribution in [0.4, 0.5) is 13.2 Å². The van der Waals surface area contributed by atoms with Gasteiger partial charge in [0.05, 0.1) is 17.7 Å². The molecule has 0 spiro atoms. The van der Waals surface area contributed by atoms with Gasteiger partial charge in [0, 0.05) is 18.3 Å². The molecule has 0 aliphatic heterocycles. The molecule has 1 aromatic heterocycles. The molecule has 0 atom stereocenters. The molecule has 1 aliphatic carbocycles. The van der Waals surface area contributed by atoms with Gasteiger partial charge in [-0.15, -0.1) is 0 Å². The topological polar surface area (TPSA) is 38.0 Å². The molecule has 1 saturated carbocycles. The smallest absolute Gasteiger partial charge is 0.385 e. The molecule has 1 aliphatic rings. The van der Waals surface area contributed by atoms with Crippen molar-refractivity contribution in [3.63, 3.8) is 0 Å². The third kappa shape index (κ3) is 2.53. The summed E-state index contributed by atoms with van der Waals surface area (Å²) in [5.74, 6) is -1.28. The maximum absolute atomic E-state index is 12.6. The first-order chi connectivity index (χ1) is 8.35. The van der Waals surface area contributed by atoms with Crippen molar-refractivity contribution in [2.45, 2.75) is 50.9 Å². The molecule has 3 nitrogen and oxygen atoms in total. The highest BCUT2D eigenvalue weighted by molar-refractivity contribution is 5.16. The monoisotopic (exact) mass is 262 g/mol. The number of halogens is 3. The third-order valence-corrected chi connectivity index (χ3v) is 3.77. The zero-order valence-electron chi connectivity index (χ0n) is 10.2. The number of hydrogen-bond acceptors (Lipinski definition) is 2. The fraction of sp³-hybridized carbons (Fsp3) is 0.750. The lowest BCUT2D eigenvalue weighted by molar-refractivity contribution is -0.193. The van der Waals surface area contributed by atoms with Gasteiger partial charge in [0.2, 0.25) is 0 Å². The zero-order valence-corrected chi connectivity index (χ0v) is 10.2. The van der Waals surface area contributed by atoms with Gasteiger partial charge in [0.1, 0.15) is 0 Å². The van der Waals surface area contributed by atoms with Crippen LogP contribution >= 0.6 is 0 Å². The molecule has 1 aromatic rings. The van der Waals surface area contributed by atoms with Crippen molar-refractivity contribution in [2.75, 3.05) is 0 Å². The molecule has 6 heteroatoms. The van der Waals surface area contributed by atoms with Gasteiger partial charge in [-0.3, -0.25) is 4.68 Å². The van der Waals surface area contributed by atoms with Gasteiger partial charge in [0.15, 0.2) is 0 Å². The van der Waals surface area contributed by atoms with Gasteiger partial charge in [-0.25, -0.2) is 0 Å². The third-order valence-electron chi connectivity index (χ3n) is 3.77. The normalized spacial score (nSPS) is 29.5. The zero-order chi connectivity index (χ0) is 13.4. The minimum Gasteiger partial charge on any atom is -0.385 e. The van der Waals surface area contributed by atoms with Crippen molar-refractivity contribution in [1.29, 1.82) is 0 Å². The first-order valence-electron chi connectivity index (χ1n) is 6.17. The van der Waals surface area contributed by atoms with Crippen LogP contribution in [0.5, 0.6) is 0 Å². The van der Waals surface area contributed by atoms with E-state index in [4.69, 9.17) is 0 Å². The highest BCUT2D eigenvalue weighted by Gasteiger charge is 2.46. The number of nitrogens with zero attached hydrogens (tertiary/aromatic N) is 2. The minimum absolute atomic E-state index is 0.0166. The maximum atomic E-state index is 12.6. The molecule has 0 aromatic carbocycles. The number of aryl methyl sites for hydroxylation is 1. The molecule has 1 fully saturated rings. The molecule has 2 rings (SSSR count). The lowest BCUT2D eigenvalue weighted by Gasteiger charge is -2.36. The molecule has 18 heavy (non-hydrogen) atoms. The van der Waals surface area contributed by atoms with Crippen molar-refractivity contribution >= 4 is 0 Å². The van der Waals surface area contributed by atoms with Crippen LogP contribution in [-0.4, -0.2) is 21.1 Å².